The lowest BCUT2D eigenvalue weighted by molar-refractivity contribution is 0.102. The number of aromatic nitrogens is 4. The van der Waals surface area contributed by atoms with Gasteiger partial charge in [0, 0.05) is 23.2 Å². The van der Waals surface area contributed by atoms with Gasteiger partial charge in [-0.15, -0.1) is 11.8 Å². The highest BCUT2D eigenvalue weighted by Crippen LogP contribution is 2.27. The van der Waals surface area contributed by atoms with E-state index in [4.69, 9.17) is 4.52 Å². The van der Waals surface area contributed by atoms with E-state index < -0.39 is 5.82 Å². The first-order valence-electron chi connectivity index (χ1n) is 9.56. The summed E-state index contributed by atoms with van der Waals surface area (Å²) in [4.78, 5) is 17.8. The molecular weight excluding hydrogens is 417 g/mol. The Hall–Kier alpha value is -3.46. The number of hydrogen-bond donors (Lipinski definition) is 1. The van der Waals surface area contributed by atoms with Gasteiger partial charge in [0.25, 0.3) is 5.91 Å². The van der Waals surface area contributed by atoms with Gasteiger partial charge in [0.1, 0.15) is 5.69 Å². The van der Waals surface area contributed by atoms with Crippen LogP contribution in [0, 0.1) is 26.6 Å². The molecule has 0 fully saturated rings. The molecular formula is C22H20FN5O2S. The number of benzene rings is 2. The molecule has 0 radical (unpaired) electrons. The molecule has 1 amide bonds. The van der Waals surface area contributed by atoms with Crippen LogP contribution < -0.4 is 5.32 Å². The fraction of sp³-hybridized carbons (Fsp3) is 0.182. The Balaban J connectivity index is 1.51. The van der Waals surface area contributed by atoms with E-state index in [9.17, 15) is 9.18 Å². The summed E-state index contributed by atoms with van der Waals surface area (Å²) in [7, 11) is 0. The smallest absolute Gasteiger partial charge is 0.256 e. The van der Waals surface area contributed by atoms with Crippen LogP contribution in [0.2, 0.25) is 0 Å². The summed E-state index contributed by atoms with van der Waals surface area (Å²) in [5.41, 5.74) is 2.81. The van der Waals surface area contributed by atoms with Gasteiger partial charge in [0.05, 0.1) is 17.0 Å². The van der Waals surface area contributed by atoms with E-state index in [2.05, 4.69) is 20.6 Å². The van der Waals surface area contributed by atoms with Crippen molar-refractivity contribution in [3.05, 3.63) is 83.0 Å². The number of thioether (sulfide) groups is 1. The Morgan fingerprint density at radius 3 is 2.65 bits per heavy atom. The van der Waals surface area contributed by atoms with Crippen molar-refractivity contribution in [1.82, 2.24) is 19.9 Å². The SMILES string of the molecule is Cc1cc(C)n(-c2ccc(NC(=O)c3ccccc3SCc3noc(C)n3)cc2F)n1. The average Bonchev–Trinajstić information content (AvgIpc) is 3.30. The number of halogens is 1. The van der Waals surface area contributed by atoms with Gasteiger partial charge in [-0.2, -0.15) is 10.1 Å². The Kier molecular flexibility index (Phi) is 5.85. The topological polar surface area (TPSA) is 85.8 Å². The van der Waals surface area contributed by atoms with Gasteiger partial charge in [0.2, 0.25) is 5.89 Å². The van der Waals surface area contributed by atoms with Crippen molar-refractivity contribution in [3.63, 3.8) is 0 Å². The Morgan fingerprint density at radius 2 is 1.97 bits per heavy atom. The first kappa shape index (κ1) is 20.8. The van der Waals surface area contributed by atoms with Crippen molar-refractivity contribution in [3.8, 4) is 5.69 Å². The molecule has 1 N–H and O–H groups in total. The third-order valence-corrected chi connectivity index (χ3v) is 5.57. The normalized spacial score (nSPS) is 11.0. The highest BCUT2D eigenvalue weighted by atomic mass is 32.2. The summed E-state index contributed by atoms with van der Waals surface area (Å²) >= 11 is 1.43. The van der Waals surface area contributed by atoms with Crippen LogP contribution in [0.3, 0.4) is 0 Å². The number of carbonyl (C=O) groups excluding carboxylic acids is 1. The van der Waals surface area contributed by atoms with Crippen molar-refractivity contribution >= 4 is 23.4 Å². The number of nitrogens with one attached hydrogen (secondary N) is 1. The van der Waals surface area contributed by atoms with Crippen LogP contribution in [0.25, 0.3) is 5.69 Å². The second-order valence-electron chi connectivity index (χ2n) is 6.97. The minimum absolute atomic E-state index is 0.328. The van der Waals surface area contributed by atoms with E-state index in [1.807, 2.05) is 32.0 Å². The lowest BCUT2D eigenvalue weighted by atomic mass is 10.2. The Labute approximate surface area is 182 Å². The zero-order valence-corrected chi connectivity index (χ0v) is 18.0. The van der Waals surface area contributed by atoms with Crippen LogP contribution in [0.15, 0.2) is 57.9 Å². The predicted molar refractivity (Wildman–Crippen MR) is 116 cm³/mol. The van der Waals surface area contributed by atoms with E-state index >= 15 is 0 Å². The molecule has 0 unspecified atom stereocenters. The van der Waals surface area contributed by atoms with Gasteiger partial charge >= 0.3 is 0 Å². The number of hydrogen-bond acceptors (Lipinski definition) is 6. The van der Waals surface area contributed by atoms with Gasteiger partial charge in [0.15, 0.2) is 11.6 Å². The van der Waals surface area contributed by atoms with E-state index in [0.29, 0.717) is 34.4 Å². The molecule has 31 heavy (non-hydrogen) atoms. The fourth-order valence-corrected chi connectivity index (χ4v) is 4.04. The molecule has 0 spiro atoms. The van der Waals surface area contributed by atoms with Crippen molar-refractivity contribution in [2.75, 3.05) is 5.32 Å². The molecule has 9 heteroatoms. The summed E-state index contributed by atoms with van der Waals surface area (Å²) in [6.45, 7) is 5.44. The average molecular weight is 438 g/mol. The van der Waals surface area contributed by atoms with E-state index in [1.54, 1.807) is 35.9 Å². The molecule has 0 bridgehead atoms. The zero-order chi connectivity index (χ0) is 22.0. The molecule has 0 aliphatic heterocycles. The molecule has 0 aliphatic rings. The number of nitrogens with zero attached hydrogens (tertiary/aromatic N) is 4. The number of anilines is 1. The second kappa shape index (κ2) is 8.73. The summed E-state index contributed by atoms with van der Waals surface area (Å²) in [6.07, 6.45) is 0. The quantitative estimate of drug-likeness (QED) is 0.434. The summed E-state index contributed by atoms with van der Waals surface area (Å²) in [5, 5.41) is 10.9. The maximum absolute atomic E-state index is 14.7. The molecule has 2 heterocycles. The molecule has 2 aromatic carbocycles. The first-order valence-corrected chi connectivity index (χ1v) is 10.5. The van der Waals surface area contributed by atoms with E-state index in [0.717, 1.165) is 16.3 Å². The van der Waals surface area contributed by atoms with Crippen LogP contribution >= 0.6 is 11.8 Å². The predicted octanol–water partition coefficient (Wildman–Crippen LogP) is 4.86. The molecule has 4 rings (SSSR count). The summed E-state index contributed by atoms with van der Waals surface area (Å²) in [5.74, 6) is 0.713. The van der Waals surface area contributed by atoms with Crippen LogP contribution in [-0.4, -0.2) is 25.8 Å². The molecule has 0 atom stereocenters. The lowest BCUT2D eigenvalue weighted by Crippen LogP contribution is -2.13. The van der Waals surface area contributed by atoms with Gasteiger partial charge in [-0.05, 0) is 50.2 Å². The third-order valence-electron chi connectivity index (χ3n) is 4.50. The molecule has 0 saturated heterocycles. The van der Waals surface area contributed by atoms with E-state index in [-0.39, 0.29) is 5.91 Å². The summed E-state index contributed by atoms with van der Waals surface area (Å²) in [6, 6.07) is 13.6. The van der Waals surface area contributed by atoms with Gasteiger partial charge in [-0.3, -0.25) is 4.79 Å². The van der Waals surface area contributed by atoms with Gasteiger partial charge in [-0.25, -0.2) is 9.07 Å². The molecule has 7 nitrogen and oxygen atoms in total. The van der Waals surface area contributed by atoms with Gasteiger partial charge in [-0.1, -0.05) is 17.3 Å². The van der Waals surface area contributed by atoms with Crippen LogP contribution in [0.5, 0.6) is 0 Å². The number of aryl methyl sites for hydroxylation is 3. The minimum atomic E-state index is -0.473. The van der Waals surface area contributed by atoms with Gasteiger partial charge < -0.3 is 9.84 Å². The van der Waals surface area contributed by atoms with Crippen LogP contribution in [0.1, 0.15) is 33.5 Å². The number of carbonyl (C=O) groups is 1. The molecule has 2 aromatic heterocycles. The molecule has 158 valence electrons. The van der Waals surface area contributed by atoms with Crippen molar-refractivity contribution in [2.45, 2.75) is 31.4 Å². The molecule has 0 aliphatic carbocycles. The number of amides is 1. The highest BCUT2D eigenvalue weighted by molar-refractivity contribution is 7.98. The Bertz CT molecular complexity index is 1250. The summed E-state index contributed by atoms with van der Waals surface area (Å²) < 4.78 is 21.2. The Morgan fingerprint density at radius 1 is 1.16 bits per heavy atom. The van der Waals surface area contributed by atoms with Crippen molar-refractivity contribution < 1.29 is 13.7 Å². The van der Waals surface area contributed by atoms with Crippen LogP contribution in [0.4, 0.5) is 10.1 Å². The van der Waals surface area contributed by atoms with Crippen LogP contribution in [-0.2, 0) is 5.75 Å². The zero-order valence-electron chi connectivity index (χ0n) is 17.2. The maximum Gasteiger partial charge on any atom is 0.256 e. The lowest BCUT2D eigenvalue weighted by Gasteiger charge is -2.11. The largest absolute Gasteiger partial charge is 0.340 e. The molecule has 4 aromatic rings. The van der Waals surface area contributed by atoms with Crippen molar-refractivity contribution in [1.29, 1.82) is 0 Å². The highest BCUT2D eigenvalue weighted by Gasteiger charge is 2.15. The standard InChI is InChI=1S/C22H20FN5O2S/c1-13-10-14(2)28(26-13)19-9-8-16(11-18(19)23)25-22(29)17-6-4-5-7-20(17)31-12-21-24-15(3)30-27-21/h4-11H,12H2,1-3H3,(H,25,29). The first-order chi connectivity index (χ1) is 14.9. The second-order valence-corrected chi connectivity index (χ2v) is 7.99. The fourth-order valence-electron chi connectivity index (χ4n) is 3.15. The van der Waals surface area contributed by atoms with Crippen molar-refractivity contribution in [2.24, 2.45) is 0 Å². The molecule has 0 saturated carbocycles. The monoisotopic (exact) mass is 437 g/mol. The number of rotatable bonds is 6. The maximum atomic E-state index is 14.7. The minimum Gasteiger partial charge on any atom is -0.340 e. The third kappa shape index (κ3) is 4.66. The van der Waals surface area contributed by atoms with E-state index in [1.165, 1.54) is 17.8 Å².